The monoisotopic (exact) mass is 352 g/mol. The van der Waals surface area contributed by atoms with Gasteiger partial charge in [0.2, 0.25) is 5.78 Å². The fourth-order valence-electron chi connectivity index (χ4n) is 3.16. The molecule has 0 fully saturated rings. The van der Waals surface area contributed by atoms with E-state index in [1.54, 1.807) is 33.3 Å². The van der Waals surface area contributed by atoms with Crippen molar-refractivity contribution in [3.63, 3.8) is 0 Å². The summed E-state index contributed by atoms with van der Waals surface area (Å²) in [4.78, 5) is 25.2. The molecule has 0 aliphatic heterocycles. The van der Waals surface area contributed by atoms with E-state index in [1.165, 1.54) is 0 Å². The molecule has 5 heteroatoms. The van der Waals surface area contributed by atoms with Crippen molar-refractivity contribution in [3.8, 4) is 0 Å². The summed E-state index contributed by atoms with van der Waals surface area (Å²) in [7, 11) is 3.13. The number of ketones is 1. The quantitative estimate of drug-likeness (QED) is 0.452. The van der Waals surface area contributed by atoms with Crippen molar-refractivity contribution in [2.75, 3.05) is 20.8 Å². The molecule has 3 rings (SSSR count). The maximum Gasteiger partial charge on any atom is 0.342 e. The second-order valence-electron chi connectivity index (χ2n) is 5.77. The third-order valence-electron chi connectivity index (χ3n) is 4.30. The van der Waals surface area contributed by atoms with Gasteiger partial charge < -0.3 is 14.2 Å². The lowest BCUT2D eigenvalue weighted by Crippen LogP contribution is -2.14. The number of carbonyl (C=O) groups is 2. The summed E-state index contributed by atoms with van der Waals surface area (Å²) in [6.45, 7) is 1.93. The summed E-state index contributed by atoms with van der Waals surface area (Å²) in [6.07, 6.45) is -0.472. The average Bonchev–Trinajstić information content (AvgIpc) is 2.97. The minimum absolute atomic E-state index is 0.0795. The molecule has 0 spiro atoms. The van der Waals surface area contributed by atoms with Crippen LogP contribution in [0.15, 0.2) is 54.1 Å². The molecule has 1 aliphatic rings. The van der Waals surface area contributed by atoms with Crippen LogP contribution in [0.25, 0.3) is 5.57 Å². The van der Waals surface area contributed by atoms with Gasteiger partial charge in [0.25, 0.3) is 0 Å². The lowest BCUT2D eigenvalue weighted by atomic mass is 9.96. The van der Waals surface area contributed by atoms with Gasteiger partial charge in [-0.3, -0.25) is 4.79 Å². The number of rotatable bonds is 6. The molecule has 26 heavy (non-hydrogen) atoms. The highest BCUT2D eigenvalue weighted by Gasteiger charge is 2.35. The summed E-state index contributed by atoms with van der Waals surface area (Å²) >= 11 is 0. The van der Waals surface area contributed by atoms with Gasteiger partial charge in [-0.25, -0.2) is 4.79 Å². The van der Waals surface area contributed by atoms with Crippen molar-refractivity contribution in [3.05, 3.63) is 76.4 Å². The number of benzene rings is 2. The first-order valence-corrected chi connectivity index (χ1v) is 8.33. The number of esters is 1. The predicted octanol–water partition coefficient (Wildman–Crippen LogP) is 3.54. The SMILES string of the molecule is CCOC(=O)C1=C(c2ccc(C(OC)OC)cc2)c2ccccc2C1=O. The highest BCUT2D eigenvalue weighted by molar-refractivity contribution is 6.35. The topological polar surface area (TPSA) is 61.8 Å². The Morgan fingerprint density at radius 2 is 1.58 bits per heavy atom. The van der Waals surface area contributed by atoms with Crippen LogP contribution in [0.1, 0.15) is 40.3 Å². The maximum absolute atomic E-state index is 12.8. The Morgan fingerprint density at radius 3 is 2.15 bits per heavy atom. The molecular weight excluding hydrogens is 332 g/mol. The lowest BCUT2D eigenvalue weighted by molar-refractivity contribution is -0.137. The van der Waals surface area contributed by atoms with Crippen molar-refractivity contribution in [2.45, 2.75) is 13.2 Å². The predicted molar refractivity (Wildman–Crippen MR) is 96.6 cm³/mol. The van der Waals surface area contributed by atoms with Crippen molar-refractivity contribution >= 4 is 17.3 Å². The minimum Gasteiger partial charge on any atom is -0.462 e. The summed E-state index contributed by atoms with van der Waals surface area (Å²) in [5.41, 5.74) is 3.54. The highest BCUT2D eigenvalue weighted by atomic mass is 16.7. The zero-order valence-electron chi connectivity index (χ0n) is 14.9. The van der Waals surface area contributed by atoms with Crippen molar-refractivity contribution in [1.29, 1.82) is 0 Å². The lowest BCUT2D eigenvalue weighted by Gasteiger charge is -2.14. The van der Waals surface area contributed by atoms with E-state index in [-0.39, 0.29) is 18.0 Å². The zero-order chi connectivity index (χ0) is 18.7. The number of hydrogen-bond donors (Lipinski definition) is 0. The van der Waals surface area contributed by atoms with Gasteiger partial charge in [-0.15, -0.1) is 0 Å². The third kappa shape index (κ3) is 3.07. The molecule has 0 N–H and O–H groups in total. The van der Waals surface area contributed by atoms with E-state index in [1.807, 2.05) is 36.4 Å². The number of carbonyl (C=O) groups excluding carboxylic acids is 2. The first-order chi connectivity index (χ1) is 12.6. The molecule has 0 atom stereocenters. The van der Waals surface area contributed by atoms with Gasteiger partial charge in [0.15, 0.2) is 6.29 Å². The number of fused-ring (bicyclic) bond motifs is 1. The van der Waals surface area contributed by atoms with Crippen molar-refractivity contribution < 1.29 is 23.8 Å². The fourth-order valence-corrected chi connectivity index (χ4v) is 3.16. The van der Waals surface area contributed by atoms with E-state index in [9.17, 15) is 9.59 Å². The van der Waals surface area contributed by atoms with Crippen molar-refractivity contribution in [2.24, 2.45) is 0 Å². The van der Waals surface area contributed by atoms with Crippen LogP contribution in [0.4, 0.5) is 0 Å². The van der Waals surface area contributed by atoms with E-state index in [0.717, 1.165) is 16.7 Å². The first kappa shape index (κ1) is 18.0. The summed E-state index contributed by atoms with van der Waals surface area (Å²) in [6, 6.07) is 14.6. The molecule has 0 amide bonds. The minimum atomic E-state index is -0.598. The smallest absolute Gasteiger partial charge is 0.342 e. The van der Waals surface area contributed by atoms with Crippen LogP contribution in [0, 0.1) is 0 Å². The molecular formula is C21H20O5. The van der Waals surface area contributed by atoms with Crippen LogP contribution in [0.5, 0.6) is 0 Å². The van der Waals surface area contributed by atoms with Crippen LogP contribution < -0.4 is 0 Å². The van der Waals surface area contributed by atoms with E-state index < -0.39 is 12.3 Å². The standard InChI is InChI=1S/C21H20O5/c1-4-26-20(23)18-17(15-7-5-6-8-16(15)19(18)22)13-9-11-14(12-10-13)21(24-2)25-3/h5-12,21H,4H2,1-3H3. The van der Waals surface area contributed by atoms with E-state index >= 15 is 0 Å². The number of hydrogen-bond acceptors (Lipinski definition) is 5. The van der Waals surface area contributed by atoms with Crippen LogP contribution in [-0.2, 0) is 19.0 Å². The molecule has 0 heterocycles. The molecule has 5 nitrogen and oxygen atoms in total. The molecule has 2 aromatic rings. The Balaban J connectivity index is 2.11. The Labute approximate surface area is 152 Å². The van der Waals surface area contributed by atoms with Gasteiger partial charge in [-0.2, -0.15) is 0 Å². The molecule has 2 aromatic carbocycles. The molecule has 0 radical (unpaired) electrons. The van der Waals surface area contributed by atoms with Gasteiger partial charge in [0.1, 0.15) is 5.57 Å². The normalized spacial score (nSPS) is 13.3. The van der Waals surface area contributed by atoms with Gasteiger partial charge >= 0.3 is 5.97 Å². The molecule has 1 aliphatic carbocycles. The molecule has 134 valence electrons. The molecule has 0 aromatic heterocycles. The maximum atomic E-state index is 12.8. The van der Waals surface area contributed by atoms with Crippen LogP contribution in [0.3, 0.4) is 0 Å². The Morgan fingerprint density at radius 1 is 0.962 bits per heavy atom. The van der Waals surface area contributed by atoms with E-state index in [2.05, 4.69) is 0 Å². The van der Waals surface area contributed by atoms with Crippen LogP contribution >= 0.6 is 0 Å². The molecule has 0 saturated carbocycles. The zero-order valence-corrected chi connectivity index (χ0v) is 14.9. The van der Waals surface area contributed by atoms with E-state index in [0.29, 0.717) is 11.1 Å². The second kappa shape index (κ2) is 7.64. The number of ether oxygens (including phenoxy) is 3. The third-order valence-corrected chi connectivity index (χ3v) is 4.30. The van der Waals surface area contributed by atoms with E-state index in [4.69, 9.17) is 14.2 Å². The Kier molecular flexibility index (Phi) is 5.30. The summed E-state index contributed by atoms with van der Waals surface area (Å²) in [5.74, 6) is -0.899. The van der Waals surface area contributed by atoms with Crippen molar-refractivity contribution in [1.82, 2.24) is 0 Å². The number of Topliss-reactive ketones (excluding diaryl/α,β-unsaturated/α-hetero) is 1. The van der Waals surface area contributed by atoms with Crippen LogP contribution in [0.2, 0.25) is 0 Å². The summed E-state index contributed by atoms with van der Waals surface area (Å²) in [5, 5.41) is 0. The Bertz CT molecular complexity index is 860. The average molecular weight is 352 g/mol. The van der Waals surface area contributed by atoms with Gasteiger partial charge in [0.05, 0.1) is 6.61 Å². The molecule has 0 saturated heterocycles. The second-order valence-corrected chi connectivity index (χ2v) is 5.77. The van der Waals surface area contributed by atoms with Gasteiger partial charge in [-0.1, -0.05) is 48.5 Å². The fraction of sp³-hybridized carbons (Fsp3) is 0.238. The van der Waals surface area contributed by atoms with Gasteiger partial charge in [-0.05, 0) is 18.1 Å². The largest absolute Gasteiger partial charge is 0.462 e. The molecule has 0 unspecified atom stereocenters. The number of methoxy groups -OCH3 is 2. The Hall–Kier alpha value is -2.76. The van der Waals surface area contributed by atoms with Crippen LogP contribution in [-0.4, -0.2) is 32.6 Å². The summed E-state index contributed by atoms with van der Waals surface area (Å²) < 4.78 is 15.6. The van der Waals surface area contributed by atoms with Gasteiger partial charge in [0, 0.05) is 30.9 Å². The highest BCUT2D eigenvalue weighted by Crippen LogP contribution is 2.38. The molecule has 0 bridgehead atoms. The first-order valence-electron chi connectivity index (χ1n) is 8.33.